The second-order valence-corrected chi connectivity index (χ2v) is 5.90. The van der Waals surface area contributed by atoms with E-state index in [1.54, 1.807) is 11.3 Å². The molecule has 0 saturated heterocycles. The standard InChI is InChI=1S/C12H18N2O4S/c1-7-4-5-9(19-7)8(2)14-11(17)13-6-12(3,18)10(15)16/h4-5,8,18H,6H2,1-3H3,(H,15,16)(H2,13,14,17). The Kier molecular flexibility index (Phi) is 4.90. The second kappa shape index (κ2) is 6.03. The first-order valence-electron chi connectivity index (χ1n) is 5.79. The molecule has 0 aliphatic rings. The van der Waals surface area contributed by atoms with Crippen molar-refractivity contribution < 1.29 is 19.8 Å². The molecule has 0 aromatic carbocycles. The number of hydrogen-bond acceptors (Lipinski definition) is 4. The third-order valence-corrected chi connectivity index (χ3v) is 3.77. The highest BCUT2D eigenvalue weighted by Crippen LogP contribution is 2.21. The molecule has 0 spiro atoms. The molecule has 2 unspecified atom stereocenters. The molecule has 0 aliphatic carbocycles. The normalized spacial score (nSPS) is 15.4. The van der Waals surface area contributed by atoms with Gasteiger partial charge in [-0.15, -0.1) is 11.3 Å². The van der Waals surface area contributed by atoms with Crippen molar-refractivity contribution in [2.75, 3.05) is 6.54 Å². The molecule has 1 aromatic rings. The summed E-state index contributed by atoms with van der Waals surface area (Å²) in [5.74, 6) is -1.38. The van der Waals surface area contributed by atoms with E-state index in [-0.39, 0.29) is 12.6 Å². The summed E-state index contributed by atoms with van der Waals surface area (Å²) in [5.41, 5.74) is -1.97. The Balaban J connectivity index is 2.46. The highest BCUT2D eigenvalue weighted by Gasteiger charge is 2.30. The SMILES string of the molecule is Cc1ccc(C(C)NC(=O)NCC(C)(O)C(=O)O)s1. The van der Waals surface area contributed by atoms with E-state index in [1.165, 1.54) is 0 Å². The summed E-state index contributed by atoms with van der Waals surface area (Å²) < 4.78 is 0. The molecule has 4 N–H and O–H groups in total. The van der Waals surface area contributed by atoms with Crippen molar-refractivity contribution in [2.45, 2.75) is 32.4 Å². The van der Waals surface area contributed by atoms with Gasteiger partial charge in [0.05, 0.1) is 12.6 Å². The molecule has 106 valence electrons. The van der Waals surface area contributed by atoms with E-state index >= 15 is 0 Å². The Labute approximate surface area is 115 Å². The quantitative estimate of drug-likeness (QED) is 0.654. The summed E-state index contributed by atoms with van der Waals surface area (Å²) in [7, 11) is 0. The molecule has 6 nitrogen and oxygen atoms in total. The number of carbonyl (C=O) groups excluding carboxylic acids is 1. The molecule has 7 heteroatoms. The monoisotopic (exact) mass is 286 g/mol. The van der Waals surface area contributed by atoms with Crippen LogP contribution in [0.1, 0.15) is 29.6 Å². The topological polar surface area (TPSA) is 98.7 Å². The van der Waals surface area contributed by atoms with Gasteiger partial charge < -0.3 is 20.8 Å². The number of thiophene rings is 1. The number of rotatable bonds is 5. The number of nitrogens with one attached hydrogen (secondary N) is 2. The van der Waals surface area contributed by atoms with E-state index in [4.69, 9.17) is 5.11 Å². The predicted octanol–water partition coefficient (Wildman–Crippen LogP) is 1.25. The number of aryl methyl sites for hydroxylation is 1. The van der Waals surface area contributed by atoms with Crippen LogP contribution in [-0.2, 0) is 4.79 Å². The number of carbonyl (C=O) groups is 2. The van der Waals surface area contributed by atoms with E-state index in [0.29, 0.717) is 0 Å². The fourth-order valence-corrected chi connectivity index (χ4v) is 2.21. The van der Waals surface area contributed by atoms with Gasteiger partial charge in [0.1, 0.15) is 0 Å². The highest BCUT2D eigenvalue weighted by molar-refractivity contribution is 7.12. The number of carboxylic acid groups (broad SMARTS) is 1. The molecule has 0 saturated carbocycles. The Bertz CT molecular complexity index is 470. The summed E-state index contributed by atoms with van der Waals surface area (Å²) in [6.07, 6.45) is 0. The largest absolute Gasteiger partial charge is 0.479 e. The van der Waals surface area contributed by atoms with E-state index in [1.807, 2.05) is 26.0 Å². The van der Waals surface area contributed by atoms with Crippen molar-refractivity contribution in [3.8, 4) is 0 Å². The molecule has 0 aliphatic heterocycles. The molecule has 0 bridgehead atoms. The maximum absolute atomic E-state index is 11.6. The fourth-order valence-electron chi connectivity index (χ4n) is 1.33. The van der Waals surface area contributed by atoms with Crippen molar-refractivity contribution in [3.63, 3.8) is 0 Å². The number of hydrogen-bond donors (Lipinski definition) is 4. The third-order valence-electron chi connectivity index (χ3n) is 2.59. The van der Waals surface area contributed by atoms with Gasteiger partial charge in [-0.1, -0.05) is 0 Å². The zero-order valence-corrected chi connectivity index (χ0v) is 11.9. The van der Waals surface area contributed by atoms with Gasteiger partial charge in [0.15, 0.2) is 5.60 Å². The maximum Gasteiger partial charge on any atom is 0.337 e. The molecule has 1 heterocycles. The van der Waals surface area contributed by atoms with Gasteiger partial charge >= 0.3 is 12.0 Å². The first-order valence-corrected chi connectivity index (χ1v) is 6.60. The Morgan fingerprint density at radius 3 is 2.58 bits per heavy atom. The maximum atomic E-state index is 11.6. The lowest BCUT2D eigenvalue weighted by Gasteiger charge is -2.19. The van der Waals surface area contributed by atoms with Crippen molar-refractivity contribution in [2.24, 2.45) is 0 Å². The third kappa shape index (κ3) is 4.53. The molecule has 1 aromatic heterocycles. The van der Waals surface area contributed by atoms with Crippen LogP contribution in [-0.4, -0.2) is 34.4 Å². The molecule has 0 radical (unpaired) electrons. The van der Waals surface area contributed by atoms with Gasteiger partial charge in [-0.05, 0) is 32.9 Å². The van der Waals surface area contributed by atoms with Crippen molar-refractivity contribution in [3.05, 3.63) is 21.9 Å². The van der Waals surface area contributed by atoms with E-state index < -0.39 is 17.6 Å². The van der Waals surface area contributed by atoms with Crippen LogP contribution in [0.4, 0.5) is 4.79 Å². The predicted molar refractivity (Wildman–Crippen MR) is 72.3 cm³/mol. The lowest BCUT2D eigenvalue weighted by atomic mass is 10.1. The highest BCUT2D eigenvalue weighted by atomic mass is 32.1. The van der Waals surface area contributed by atoms with Gasteiger partial charge in [0, 0.05) is 9.75 Å². The molecular formula is C12H18N2O4S. The summed E-state index contributed by atoms with van der Waals surface area (Å²) in [5, 5.41) is 23.2. The number of aliphatic hydroxyl groups is 1. The van der Waals surface area contributed by atoms with E-state index in [0.717, 1.165) is 16.7 Å². The zero-order valence-electron chi connectivity index (χ0n) is 11.1. The Hall–Kier alpha value is -1.60. The number of aliphatic carboxylic acids is 1. The van der Waals surface area contributed by atoms with Crippen LogP contribution in [0.3, 0.4) is 0 Å². The summed E-state index contributed by atoms with van der Waals surface area (Å²) >= 11 is 1.58. The minimum absolute atomic E-state index is 0.173. The molecule has 19 heavy (non-hydrogen) atoms. The van der Waals surface area contributed by atoms with Gasteiger partial charge in [-0.25, -0.2) is 9.59 Å². The van der Waals surface area contributed by atoms with Crippen LogP contribution in [0.2, 0.25) is 0 Å². The lowest BCUT2D eigenvalue weighted by Crippen LogP contribution is -2.49. The first kappa shape index (κ1) is 15.5. The smallest absolute Gasteiger partial charge is 0.337 e. The van der Waals surface area contributed by atoms with Crippen LogP contribution >= 0.6 is 11.3 Å². The summed E-state index contributed by atoms with van der Waals surface area (Å²) in [6.45, 7) is 4.58. The lowest BCUT2D eigenvalue weighted by molar-refractivity contribution is -0.155. The van der Waals surface area contributed by atoms with Gasteiger partial charge in [0.25, 0.3) is 0 Å². The van der Waals surface area contributed by atoms with E-state index in [2.05, 4.69) is 10.6 Å². The van der Waals surface area contributed by atoms with Gasteiger partial charge in [0.2, 0.25) is 0 Å². The number of carboxylic acids is 1. The molecular weight excluding hydrogens is 268 g/mol. The van der Waals surface area contributed by atoms with Crippen molar-refractivity contribution >= 4 is 23.3 Å². The van der Waals surface area contributed by atoms with Crippen molar-refractivity contribution in [1.82, 2.24) is 10.6 Å². The summed E-state index contributed by atoms with van der Waals surface area (Å²) in [6, 6.07) is 3.21. The fraction of sp³-hybridized carbons (Fsp3) is 0.500. The Morgan fingerprint density at radius 2 is 2.11 bits per heavy atom. The molecule has 2 amide bonds. The van der Waals surface area contributed by atoms with Crippen molar-refractivity contribution in [1.29, 1.82) is 0 Å². The number of urea groups is 1. The summed E-state index contributed by atoms with van der Waals surface area (Å²) in [4.78, 5) is 24.4. The average molecular weight is 286 g/mol. The number of amides is 2. The van der Waals surface area contributed by atoms with Crippen LogP contribution in [0.15, 0.2) is 12.1 Å². The second-order valence-electron chi connectivity index (χ2n) is 4.58. The van der Waals surface area contributed by atoms with E-state index in [9.17, 15) is 14.7 Å². The van der Waals surface area contributed by atoms with Crippen LogP contribution in [0.25, 0.3) is 0 Å². The first-order chi connectivity index (χ1) is 8.72. The minimum Gasteiger partial charge on any atom is -0.479 e. The zero-order chi connectivity index (χ0) is 14.6. The van der Waals surface area contributed by atoms with Gasteiger partial charge in [-0.2, -0.15) is 0 Å². The average Bonchev–Trinajstić information content (AvgIpc) is 2.73. The van der Waals surface area contributed by atoms with Gasteiger partial charge in [-0.3, -0.25) is 0 Å². The van der Waals surface area contributed by atoms with Crippen LogP contribution < -0.4 is 10.6 Å². The molecule has 1 rings (SSSR count). The van der Waals surface area contributed by atoms with Crippen LogP contribution in [0.5, 0.6) is 0 Å². The molecule has 2 atom stereocenters. The minimum atomic E-state index is -1.97. The molecule has 0 fully saturated rings. The van der Waals surface area contributed by atoms with Crippen LogP contribution in [0, 0.1) is 6.92 Å². The Morgan fingerprint density at radius 1 is 1.47 bits per heavy atom.